The van der Waals surface area contributed by atoms with Crippen LogP contribution in [-0.4, -0.2) is 49.7 Å². The highest BCUT2D eigenvalue weighted by atomic mass is 79.9. The molecule has 1 aliphatic rings. The maximum Gasteiger partial charge on any atom is 0.243 e. The van der Waals surface area contributed by atoms with Crippen molar-refractivity contribution >= 4 is 43.5 Å². The number of benzene rings is 2. The lowest BCUT2D eigenvalue weighted by molar-refractivity contribution is -0.131. The largest absolute Gasteiger partial charge is 0.340 e. The van der Waals surface area contributed by atoms with Crippen molar-refractivity contribution in [3.63, 3.8) is 0 Å². The van der Waals surface area contributed by atoms with Crippen molar-refractivity contribution in [1.29, 1.82) is 0 Å². The number of amides is 1. The van der Waals surface area contributed by atoms with Gasteiger partial charge in [0.25, 0.3) is 0 Å². The molecule has 1 saturated heterocycles. The van der Waals surface area contributed by atoms with Crippen LogP contribution < -0.4 is 0 Å². The van der Waals surface area contributed by atoms with Gasteiger partial charge in [-0.05, 0) is 42.3 Å². The molecule has 0 atom stereocenters. The summed E-state index contributed by atoms with van der Waals surface area (Å²) in [6, 6.07) is 12.3. The van der Waals surface area contributed by atoms with Crippen molar-refractivity contribution in [2.24, 2.45) is 0 Å². The second kappa shape index (κ2) is 8.31. The summed E-state index contributed by atoms with van der Waals surface area (Å²) < 4.78 is 28.0. The fraction of sp³-hybridized carbons (Fsp3) is 0.316. The Hall–Kier alpha value is -1.41. The normalized spacial score (nSPS) is 15.7. The van der Waals surface area contributed by atoms with E-state index in [4.69, 9.17) is 11.6 Å². The Balaban J connectivity index is 1.65. The maximum absolute atomic E-state index is 12.9. The maximum atomic E-state index is 12.9. The molecule has 1 amide bonds. The second-order valence-corrected chi connectivity index (χ2v) is 9.66. The molecule has 8 heteroatoms. The summed E-state index contributed by atoms with van der Waals surface area (Å²) in [5.41, 5.74) is 1.65. The fourth-order valence-corrected chi connectivity index (χ4v) is 4.98. The summed E-state index contributed by atoms with van der Waals surface area (Å²) in [7, 11) is -3.56. The second-order valence-electron chi connectivity index (χ2n) is 6.46. The molecule has 0 aromatic heterocycles. The van der Waals surface area contributed by atoms with Crippen molar-refractivity contribution in [2.45, 2.75) is 18.2 Å². The van der Waals surface area contributed by atoms with E-state index in [1.165, 1.54) is 4.31 Å². The molecule has 2 aromatic rings. The van der Waals surface area contributed by atoms with Crippen molar-refractivity contribution in [1.82, 2.24) is 9.21 Å². The Kier molecular flexibility index (Phi) is 6.25. The summed E-state index contributed by atoms with van der Waals surface area (Å²) in [6.45, 7) is 3.17. The molecule has 0 aliphatic carbocycles. The van der Waals surface area contributed by atoms with Gasteiger partial charge in [-0.2, -0.15) is 4.31 Å². The minimum Gasteiger partial charge on any atom is -0.340 e. The lowest BCUT2D eigenvalue weighted by atomic mass is 10.1. The number of aryl methyl sites for hydroxylation is 1. The van der Waals surface area contributed by atoms with Gasteiger partial charge < -0.3 is 4.90 Å². The molecule has 1 heterocycles. The van der Waals surface area contributed by atoms with Crippen LogP contribution in [0.2, 0.25) is 5.02 Å². The monoisotopic (exact) mass is 470 g/mol. The van der Waals surface area contributed by atoms with Crippen LogP contribution in [0.5, 0.6) is 0 Å². The number of hydrogen-bond acceptors (Lipinski definition) is 3. The Morgan fingerprint density at radius 3 is 2.41 bits per heavy atom. The lowest BCUT2D eigenvalue weighted by Crippen LogP contribution is -2.50. The average Bonchev–Trinajstić information content (AvgIpc) is 2.65. The number of halogens is 2. The highest BCUT2D eigenvalue weighted by Gasteiger charge is 2.30. The number of hydrogen-bond donors (Lipinski definition) is 0. The van der Waals surface area contributed by atoms with Crippen molar-refractivity contribution in [3.05, 3.63) is 63.1 Å². The molecule has 0 N–H and O–H groups in total. The third-order valence-corrected chi connectivity index (χ3v) is 7.81. The van der Waals surface area contributed by atoms with Crippen LogP contribution >= 0.6 is 27.5 Å². The zero-order valence-electron chi connectivity index (χ0n) is 14.9. The standard InChI is InChI=1S/C19H20BrClN2O3S/c1-14-12-16(6-7-17(14)20)27(25,26)23-10-8-22(9-11-23)19(24)13-15-4-2-3-5-18(15)21/h2-7,12H,8-11,13H2,1H3. The number of carbonyl (C=O) groups is 1. The van der Waals surface area contributed by atoms with Gasteiger partial charge in [-0.3, -0.25) is 4.79 Å². The van der Waals surface area contributed by atoms with E-state index >= 15 is 0 Å². The van der Waals surface area contributed by atoms with Gasteiger partial charge in [0.1, 0.15) is 0 Å². The van der Waals surface area contributed by atoms with E-state index in [1.54, 1.807) is 29.2 Å². The Labute approximate surface area is 173 Å². The van der Waals surface area contributed by atoms with Crippen LogP contribution in [-0.2, 0) is 21.2 Å². The predicted molar refractivity (Wildman–Crippen MR) is 109 cm³/mol. The third-order valence-electron chi connectivity index (χ3n) is 4.66. The van der Waals surface area contributed by atoms with E-state index in [2.05, 4.69) is 15.9 Å². The number of nitrogens with zero attached hydrogens (tertiary/aromatic N) is 2. The van der Waals surface area contributed by atoms with Crippen LogP contribution in [0, 0.1) is 6.92 Å². The smallest absolute Gasteiger partial charge is 0.243 e. The Morgan fingerprint density at radius 2 is 1.78 bits per heavy atom. The van der Waals surface area contributed by atoms with Crippen LogP contribution in [0.4, 0.5) is 0 Å². The molecule has 5 nitrogen and oxygen atoms in total. The number of carbonyl (C=O) groups excluding carboxylic acids is 1. The molecule has 0 radical (unpaired) electrons. The van der Waals surface area contributed by atoms with Crippen molar-refractivity contribution < 1.29 is 13.2 Å². The van der Waals surface area contributed by atoms with E-state index < -0.39 is 10.0 Å². The molecule has 3 rings (SSSR count). The average molecular weight is 472 g/mol. The molecule has 27 heavy (non-hydrogen) atoms. The van der Waals surface area contributed by atoms with Gasteiger partial charge in [0.05, 0.1) is 11.3 Å². The SMILES string of the molecule is Cc1cc(S(=O)(=O)N2CCN(C(=O)Cc3ccccc3Cl)CC2)ccc1Br. The molecule has 0 unspecified atom stereocenters. The zero-order valence-corrected chi connectivity index (χ0v) is 18.0. The van der Waals surface area contributed by atoms with Gasteiger partial charge in [0, 0.05) is 35.7 Å². The highest BCUT2D eigenvalue weighted by molar-refractivity contribution is 9.10. The minimum absolute atomic E-state index is 0.0420. The van der Waals surface area contributed by atoms with Gasteiger partial charge in [-0.25, -0.2) is 8.42 Å². The molecule has 0 spiro atoms. The van der Waals surface area contributed by atoms with Crippen LogP contribution in [0.3, 0.4) is 0 Å². The third kappa shape index (κ3) is 4.54. The molecule has 144 valence electrons. The number of rotatable bonds is 4. The van der Waals surface area contributed by atoms with Crippen LogP contribution in [0.15, 0.2) is 51.8 Å². The van der Waals surface area contributed by atoms with Crippen LogP contribution in [0.25, 0.3) is 0 Å². The topological polar surface area (TPSA) is 57.7 Å². The lowest BCUT2D eigenvalue weighted by Gasteiger charge is -2.34. The van der Waals surface area contributed by atoms with E-state index in [0.29, 0.717) is 18.1 Å². The summed E-state index contributed by atoms with van der Waals surface area (Å²) in [6.07, 6.45) is 0.221. The number of sulfonamides is 1. The number of piperazine rings is 1. The quantitative estimate of drug-likeness (QED) is 0.686. The molecular formula is C19H20BrClN2O3S. The van der Waals surface area contributed by atoms with Gasteiger partial charge in [-0.1, -0.05) is 45.7 Å². The first-order valence-corrected chi connectivity index (χ1v) is 11.2. The van der Waals surface area contributed by atoms with E-state index in [1.807, 2.05) is 25.1 Å². The molecule has 0 saturated carbocycles. The van der Waals surface area contributed by atoms with Crippen molar-refractivity contribution in [3.8, 4) is 0 Å². The molecular weight excluding hydrogens is 452 g/mol. The fourth-order valence-electron chi connectivity index (χ4n) is 3.02. The first kappa shape index (κ1) is 20.3. The summed E-state index contributed by atoms with van der Waals surface area (Å²) >= 11 is 9.51. The summed E-state index contributed by atoms with van der Waals surface area (Å²) in [5.74, 6) is -0.0420. The summed E-state index contributed by atoms with van der Waals surface area (Å²) in [5, 5.41) is 0.567. The Morgan fingerprint density at radius 1 is 1.11 bits per heavy atom. The van der Waals surface area contributed by atoms with Gasteiger partial charge >= 0.3 is 0 Å². The van der Waals surface area contributed by atoms with E-state index in [-0.39, 0.29) is 30.3 Å². The first-order valence-electron chi connectivity index (χ1n) is 8.56. The van der Waals surface area contributed by atoms with Gasteiger partial charge in [0.15, 0.2) is 0 Å². The molecule has 1 aliphatic heterocycles. The minimum atomic E-state index is -3.56. The van der Waals surface area contributed by atoms with E-state index in [9.17, 15) is 13.2 Å². The summed E-state index contributed by atoms with van der Waals surface area (Å²) in [4.78, 5) is 14.5. The van der Waals surface area contributed by atoms with Crippen molar-refractivity contribution in [2.75, 3.05) is 26.2 Å². The predicted octanol–water partition coefficient (Wildman–Crippen LogP) is 3.49. The van der Waals surface area contributed by atoms with Gasteiger partial charge in [0.2, 0.25) is 15.9 Å². The van der Waals surface area contributed by atoms with Crippen LogP contribution in [0.1, 0.15) is 11.1 Å². The highest BCUT2D eigenvalue weighted by Crippen LogP contribution is 2.24. The molecule has 2 aromatic carbocycles. The van der Waals surface area contributed by atoms with E-state index in [0.717, 1.165) is 15.6 Å². The van der Waals surface area contributed by atoms with Gasteiger partial charge in [-0.15, -0.1) is 0 Å². The molecule has 0 bridgehead atoms. The Bertz CT molecular complexity index is 957. The first-order chi connectivity index (χ1) is 12.8. The zero-order chi connectivity index (χ0) is 19.6. The molecule has 1 fully saturated rings.